The minimum absolute atomic E-state index is 0.218. The van der Waals surface area contributed by atoms with Crippen molar-refractivity contribution in [2.75, 3.05) is 18.0 Å². The van der Waals surface area contributed by atoms with Crippen LogP contribution < -0.4 is 15.8 Å². The molecule has 0 radical (unpaired) electrons. The molecule has 4 rings (SSSR count). The van der Waals surface area contributed by atoms with E-state index < -0.39 is 0 Å². The van der Waals surface area contributed by atoms with Gasteiger partial charge in [0.15, 0.2) is 5.69 Å². The van der Waals surface area contributed by atoms with Gasteiger partial charge in [0.05, 0.1) is 5.39 Å². The predicted molar refractivity (Wildman–Crippen MR) is 113 cm³/mol. The number of pyridine rings is 1. The van der Waals surface area contributed by atoms with Crippen LogP contribution in [0.5, 0.6) is 0 Å². The molecule has 0 atom stereocenters. The second kappa shape index (κ2) is 8.03. The molecule has 1 N–H and O–H groups in total. The zero-order valence-corrected chi connectivity index (χ0v) is 16.8. The van der Waals surface area contributed by atoms with Gasteiger partial charge in [-0.3, -0.25) is 9.59 Å². The molecule has 7 nitrogen and oxygen atoms in total. The first-order valence-electron chi connectivity index (χ1n) is 9.97. The predicted octanol–water partition coefficient (Wildman–Crippen LogP) is 2.49. The van der Waals surface area contributed by atoms with E-state index >= 15 is 0 Å². The molecule has 29 heavy (non-hydrogen) atoms. The summed E-state index contributed by atoms with van der Waals surface area (Å²) in [7, 11) is 1.55. The molecule has 1 amide bonds. The molecule has 0 spiro atoms. The highest BCUT2D eigenvalue weighted by molar-refractivity contribution is 6.04. The molecule has 3 aromatic rings. The van der Waals surface area contributed by atoms with E-state index in [1.54, 1.807) is 37.5 Å². The summed E-state index contributed by atoms with van der Waals surface area (Å²) < 4.78 is 1.20. The molecular formula is C22H25N5O2. The van der Waals surface area contributed by atoms with Crippen molar-refractivity contribution in [1.29, 1.82) is 0 Å². The Bertz CT molecular complexity index is 1080. The first kappa shape index (κ1) is 19.1. The summed E-state index contributed by atoms with van der Waals surface area (Å²) in [6.07, 6.45) is 4.19. The zero-order valence-electron chi connectivity index (χ0n) is 16.8. The van der Waals surface area contributed by atoms with Crippen molar-refractivity contribution in [1.82, 2.24) is 20.1 Å². The third kappa shape index (κ3) is 3.99. The lowest BCUT2D eigenvalue weighted by atomic mass is 9.99. The van der Waals surface area contributed by atoms with Gasteiger partial charge >= 0.3 is 0 Å². The maximum Gasteiger partial charge on any atom is 0.274 e. The lowest BCUT2D eigenvalue weighted by molar-refractivity contribution is 0.0945. The summed E-state index contributed by atoms with van der Waals surface area (Å²) in [6.45, 7) is 4.71. The van der Waals surface area contributed by atoms with Crippen LogP contribution in [0.3, 0.4) is 0 Å². The third-order valence-corrected chi connectivity index (χ3v) is 5.54. The van der Waals surface area contributed by atoms with Crippen molar-refractivity contribution < 1.29 is 4.79 Å². The van der Waals surface area contributed by atoms with Gasteiger partial charge in [0.2, 0.25) is 0 Å². The third-order valence-electron chi connectivity index (χ3n) is 5.54. The molecule has 7 heteroatoms. The van der Waals surface area contributed by atoms with Gasteiger partial charge in [-0.15, -0.1) is 0 Å². The number of carbonyl (C=O) groups excluding carboxylic acids is 1. The van der Waals surface area contributed by atoms with Gasteiger partial charge in [-0.1, -0.05) is 31.2 Å². The Kier molecular flexibility index (Phi) is 5.29. The van der Waals surface area contributed by atoms with Crippen LogP contribution >= 0.6 is 0 Å². The van der Waals surface area contributed by atoms with E-state index in [2.05, 4.69) is 27.2 Å². The summed E-state index contributed by atoms with van der Waals surface area (Å²) in [6, 6.07) is 11.0. The number of amides is 1. The number of aromatic nitrogens is 3. The van der Waals surface area contributed by atoms with E-state index in [1.165, 1.54) is 17.5 Å². The van der Waals surface area contributed by atoms with Gasteiger partial charge in [-0.05, 0) is 36.5 Å². The summed E-state index contributed by atoms with van der Waals surface area (Å²) in [5, 5.41) is 8.09. The maximum atomic E-state index is 12.7. The first-order valence-corrected chi connectivity index (χ1v) is 9.97. The SMILES string of the molecule is CC1CCN(c2ccc(CNC(=O)c3nn(C)c(=O)c4ccccc34)cn2)CC1. The van der Waals surface area contributed by atoms with Gasteiger partial charge in [0.25, 0.3) is 11.5 Å². The van der Waals surface area contributed by atoms with Gasteiger partial charge in [0.1, 0.15) is 5.82 Å². The van der Waals surface area contributed by atoms with Crippen LogP contribution in [0.15, 0.2) is 47.4 Å². The molecule has 3 heterocycles. The van der Waals surface area contributed by atoms with E-state index in [9.17, 15) is 9.59 Å². The fourth-order valence-corrected chi connectivity index (χ4v) is 3.68. The second-order valence-corrected chi connectivity index (χ2v) is 7.70. The van der Waals surface area contributed by atoms with Crippen LogP contribution in [0.25, 0.3) is 10.8 Å². The number of carbonyl (C=O) groups is 1. The molecule has 0 unspecified atom stereocenters. The van der Waals surface area contributed by atoms with E-state index in [0.717, 1.165) is 30.4 Å². The molecule has 0 aliphatic carbocycles. The van der Waals surface area contributed by atoms with Gasteiger partial charge in [0, 0.05) is 38.3 Å². The standard InChI is InChI=1S/C22H25N5O2/c1-15-9-11-27(12-10-15)19-8-7-16(13-23-19)14-24-21(28)20-17-5-3-4-6-18(17)22(29)26(2)25-20/h3-8,13,15H,9-12,14H2,1-2H3,(H,24,28). The Hall–Kier alpha value is -3.22. The number of anilines is 1. The number of rotatable bonds is 4. The number of hydrogen-bond acceptors (Lipinski definition) is 5. The van der Waals surface area contributed by atoms with Crippen molar-refractivity contribution in [3.05, 3.63) is 64.2 Å². The number of piperidine rings is 1. The largest absolute Gasteiger partial charge is 0.357 e. The molecular weight excluding hydrogens is 366 g/mol. The van der Waals surface area contributed by atoms with Crippen LogP contribution in [0, 0.1) is 5.92 Å². The van der Waals surface area contributed by atoms with Crippen LogP contribution in [-0.2, 0) is 13.6 Å². The Labute approximate surface area is 169 Å². The lowest BCUT2D eigenvalue weighted by Crippen LogP contribution is -2.33. The number of benzene rings is 1. The molecule has 0 bridgehead atoms. The van der Waals surface area contributed by atoms with Gasteiger partial charge in [-0.2, -0.15) is 5.10 Å². The van der Waals surface area contributed by atoms with E-state index in [-0.39, 0.29) is 17.2 Å². The van der Waals surface area contributed by atoms with Crippen LogP contribution in [-0.4, -0.2) is 33.8 Å². The van der Waals surface area contributed by atoms with Crippen molar-refractivity contribution >= 4 is 22.5 Å². The quantitative estimate of drug-likeness (QED) is 0.739. The summed E-state index contributed by atoms with van der Waals surface area (Å²) in [5.41, 5.74) is 0.945. The molecule has 2 aromatic heterocycles. The Balaban J connectivity index is 1.46. The molecule has 1 aromatic carbocycles. The van der Waals surface area contributed by atoms with E-state index in [0.29, 0.717) is 17.3 Å². The van der Waals surface area contributed by atoms with Crippen LogP contribution in [0.2, 0.25) is 0 Å². The Morgan fingerprint density at radius 1 is 1.14 bits per heavy atom. The average molecular weight is 391 g/mol. The smallest absolute Gasteiger partial charge is 0.274 e. The second-order valence-electron chi connectivity index (χ2n) is 7.70. The number of nitrogens with one attached hydrogen (secondary N) is 1. The number of aryl methyl sites for hydroxylation is 1. The Morgan fingerprint density at radius 2 is 1.86 bits per heavy atom. The molecule has 0 saturated carbocycles. The first-order chi connectivity index (χ1) is 14.0. The molecule has 1 fully saturated rings. The number of hydrogen-bond donors (Lipinski definition) is 1. The molecule has 1 aliphatic rings. The fourth-order valence-electron chi connectivity index (χ4n) is 3.68. The molecule has 1 aliphatic heterocycles. The normalized spacial score (nSPS) is 14.9. The average Bonchev–Trinajstić information content (AvgIpc) is 2.75. The monoisotopic (exact) mass is 391 g/mol. The zero-order chi connectivity index (χ0) is 20.4. The molecule has 150 valence electrons. The van der Waals surface area contributed by atoms with Crippen molar-refractivity contribution in [3.63, 3.8) is 0 Å². The minimum atomic E-state index is -0.314. The lowest BCUT2D eigenvalue weighted by Gasteiger charge is -2.31. The highest BCUT2D eigenvalue weighted by Crippen LogP contribution is 2.21. The highest BCUT2D eigenvalue weighted by atomic mass is 16.2. The van der Waals surface area contributed by atoms with Crippen molar-refractivity contribution in [3.8, 4) is 0 Å². The number of fused-ring (bicyclic) bond motifs is 1. The highest BCUT2D eigenvalue weighted by Gasteiger charge is 2.17. The Morgan fingerprint density at radius 3 is 2.55 bits per heavy atom. The van der Waals surface area contributed by atoms with E-state index in [4.69, 9.17) is 0 Å². The fraction of sp³-hybridized carbons (Fsp3) is 0.364. The minimum Gasteiger partial charge on any atom is -0.357 e. The van der Waals surface area contributed by atoms with Crippen molar-refractivity contribution in [2.24, 2.45) is 13.0 Å². The summed E-state index contributed by atoms with van der Waals surface area (Å²) >= 11 is 0. The van der Waals surface area contributed by atoms with Crippen molar-refractivity contribution in [2.45, 2.75) is 26.3 Å². The number of nitrogens with zero attached hydrogens (tertiary/aromatic N) is 4. The van der Waals surface area contributed by atoms with Gasteiger partial charge in [-0.25, -0.2) is 9.67 Å². The van der Waals surface area contributed by atoms with E-state index in [1.807, 2.05) is 12.1 Å². The van der Waals surface area contributed by atoms with Crippen LogP contribution in [0.4, 0.5) is 5.82 Å². The van der Waals surface area contributed by atoms with Crippen LogP contribution in [0.1, 0.15) is 35.8 Å². The maximum absolute atomic E-state index is 12.7. The molecule has 1 saturated heterocycles. The summed E-state index contributed by atoms with van der Waals surface area (Å²) in [5.74, 6) is 1.45. The van der Waals surface area contributed by atoms with Gasteiger partial charge < -0.3 is 10.2 Å². The topological polar surface area (TPSA) is 80.1 Å². The summed E-state index contributed by atoms with van der Waals surface area (Å²) in [4.78, 5) is 31.8.